The van der Waals surface area contributed by atoms with Crippen molar-refractivity contribution in [1.29, 1.82) is 0 Å². The summed E-state index contributed by atoms with van der Waals surface area (Å²) >= 11 is 1.64. The van der Waals surface area contributed by atoms with Crippen LogP contribution in [0.25, 0.3) is 11.1 Å². The first-order valence-corrected chi connectivity index (χ1v) is 10.3. The lowest BCUT2D eigenvalue weighted by Gasteiger charge is -2.28. The van der Waals surface area contributed by atoms with Gasteiger partial charge < -0.3 is 14.5 Å². The Balaban J connectivity index is 1.71. The highest BCUT2D eigenvalue weighted by Crippen LogP contribution is 2.41. The number of nitrogens with zero attached hydrogens (tertiary/aromatic N) is 2. The normalized spacial score (nSPS) is 17.6. The predicted molar refractivity (Wildman–Crippen MR) is 107 cm³/mol. The highest BCUT2D eigenvalue weighted by Gasteiger charge is 2.36. The molecule has 1 aromatic heterocycles. The molecular weight excluding hydrogens is 344 g/mol. The first-order valence-electron chi connectivity index (χ1n) is 9.50. The first kappa shape index (κ1) is 17.6. The van der Waals surface area contributed by atoms with Crippen LogP contribution in [0.15, 0.2) is 36.4 Å². The third kappa shape index (κ3) is 3.51. The Bertz CT molecular complexity index is 760. The third-order valence-electron chi connectivity index (χ3n) is 5.04. The zero-order valence-electron chi connectivity index (χ0n) is 15.5. The Morgan fingerprint density at radius 3 is 2.50 bits per heavy atom. The van der Waals surface area contributed by atoms with Gasteiger partial charge in [0.05, 0.1) is 23.1 Å². The van der Waals surface area contributed by atoms with E-state index in [2.05, 4.69) is 54.0 Å². The Hall–Kier alpha value is -1.85. The van der Waals surface area contributed by atoms with Crippen LogP contribution in [-0.4, -0.2) is 49.2 Å². The fourth-order valence-electron chi connectivity index (χ4n) is 3.61. The molecule has 0 spiro atoms. The molecule has 0 N–H and O–H groups in total. The van der Waals surface area contributed by atoms with E-state index in [1.54, 1.807) is 11.3 Å². The highest BCUT2D eigenvalue weighted by atomic mass is 32.1. The number of benzene rings is 1. The Morgan fingerprint density at radius 2 is 1.88 bits per heavy atom. The summed E-state index contributed by atoms with van der Waals surface area (Å²) in [7, 11) is 0. The van der Waals surface area contributed by atoms with Gasteiger partial charge in [-0.15, -0.1) is 11.3 Å². The molecule has 1 amide bonds. The van der Waals surface area contributed by atoms with Gasteiger partial charge in [0.2, 0.25) is 0 Å². The second-order valence-corrected chi connectivity index (χ2v) is 8.36. The minimum absolute atomic E-state index is 0.184. The van der Waals surface area contributed by atoms with Crippen LogP contribution in [0.5, 0.6) is 0 Å². The average molecular weight is 371 g/mol. The Labute approximate surface area is 159 Å². The standard InChI is InChI=1S/C21H26N2O2S/c1-15(2)23(17-8-9-17)20(24)19-14-18(16-6-4-3-5-7-16)21(26-19)22-10-12-25-13-11-22/h3-7,14-15,17H,8-13H2,1-2H3. The lowest BCUT2D eigenvalue weighted by molar-refractivity contribution is 0.0695. The highest BCUT2D eigenvalue weighted by molar-refractivity contribution is 7.18. The summed E-state index contributed by atoms with van der Waals surface area (Å²) in [5.41, 5.74) is 2.34. The van der Waals surface area contributed by atoms with Gasteiger partial charge in [-0.3, -0.25) is 4.79 Å². The molecule has 2 aromatic rings. The number of ether oxygens (including phenoxy) is 1. The monoisotopic (exact) mass is 370 g/mol. The second kappa shape index (κ2) is 7.41. The van der Waals surface area contributed by atoms with Crippen molar-refractivity contribution in [3.8, 4) is 11.1 Å². The molecule has 5 heteroatoms. The summed E-state index contributed by atoms with van der Waals surface area (Å²) in [6.45, 7) is 7.48. The maximum atomic E-state index is 13.2. The number of thiophene rings is 1. The fourth-order valence-corrected chi connectivity index (χ4v) is 4.79. The van der Waals surface area contributed by atoms with Gasteiger partial charge in [-0.2, -0.15) is 0 Å². The molecule has 1 saturated carbocycles. The van der Waals surface area contributed by atoms with E-state index in [0.717, 1.165) is 44.0 Å². The lowest BCUT2D eigenvalue weighted by Crippen LogP contribution is -2.38. The molecule has 1 aromatic carbocycles. The van der Waals surface area contributed by atoms with Gasteiger partial charge in [0, 0.05) is 30.7 Å². The van der Waals surface area contributed by atoms with E-state index >= 15 is 0 Å². The maximum absolute atomic E-state index is 13.2. The van der Waals surface area contributed by atoms with Gasteiger partial charge >= 0.3 is 0 Å². The van der Waals surface area contributed by atoms with Crippen molar-refractivity contribution in [1.82, 2.24) is 4.90 Å². The summed E-state index contributed by atoms with van der Waals surface area (Å²) in [5.74, 6) is 0.184. The topological polar surface area (TPSA) is 32.8 Å². The lowest BCUT2D eigenvalue weighted by atomic mass is 10.1. The zero-order chi connectivity index (χ0) is 18.1. The number of carbonyl (C=O) groups excluding carboxylic acids is 1. The van der Waals surface area contributed by atoms with Crippen LogP contribution in [-0.2, 0) is 4.74 Å². The van der Waals surface area contributed by atoms with Gasteiger partial charge in [-0.25, -0.2) is 0 Å². The predicted octanol–water partition coefficient (Wildman–Crippen LogP) is 4.26. The number of rotatable bonds is 5. The van der Waals surface area contributed by atoms with Crippen LogP contribution < -0.4 is 4.90 Å². The molecule has 138 valence electrons. The molecule has 0 unspecified atom stereocenters. The third-order valence-corrected chi connectivity index (χ3v) is 6.22. The number of hydrogen-bond donors (Lipinski definition) is 0. The zero-order valence-corrected chi connectivity index (χ0v) is 16.3. The summed E-state index contributed by atoms with van der Waals surface area (Å²) in [5, 5.41) is 1.20. The van der Waals surface area contributed by atoms with Gasteiger partial charge in [0.15, 0.2) is 0 Å². The second-order valence-electron chi connectivity index (χ2n) is 7.33. The molecule has 2 heterocycles. The van der Waals surface area contributed by atoms with Crippen LogP contribution in [0.2, 0.25) is 0 Å². The molecule has 4 rings (SSSR count). The van der Waals surface area contributed by atoms with Gasteiger partial charge in [-0.05, 0) is 38.3 Å². The Kier molecular flexibility index (Phi) is 5.00. The quantitative estimate of drug-likeness (QED) is 0.788. The minimum atomic E-state index is 0.184. The number of carbonyl (C=O) groups is 1. The van der Waals surface area contributed by atoms with Crippen LogP contribution in [0.3, 0.4) is 0 Å². The maximum Gasteiger partial charge on any atom is 0.264 e. The molecule has 2 aliphatic rings. The van der Waals surface area contributed by atoms with E-state index in [0.29, 0.717) is 6.04 Å². The SMILES string of the molecule is CC(C)N(C(=O)c1cc(-c2ccccc2)c(N2CCOCC2)s1)C1CC1. The molecule has 26 heavy (non-hydrogen) atoms. The molecule has 1 aliphatic carbocycles. The fraction of sp³-hybridized carbons (Fsp3) is 0.476. The number of anilines is 1. The largest absolute Gasteiger partial charge is 0.378 e. The molecule has 1 aliphatic heterocycles. The number of morpholine rings is 1. The van der Waals surface area contributed by atoms with Crippen molar-refractivity contribution in [3.63, 3.8) is 0 Å². The van der Waals surface area contributed by atoms with Crippen LogP contribution in [0.1, 0.15) is 36.4 Å². The van der Waals surface area contributed by atoms with E-state index in [4.69, 9.17) is 4.74 Å². The summed E-state index contributed by atoms with van der Waals surface area (Å²) in [6.07, 6.45) is 2.27. The number of hydrogen-bond acceptors (Lipinski definition) is 4. The number of amides is 1. The molecular formula is C21H26N2O2S. The molecule has 4 nitrogen and oxygen atoms in total. The summed E-state index contributed by atoms with van der Waals surface area (Å²) in [4.78, 5) is 18.5. The molecule has 1 saturated heterocycles. The molecule has 0 bridgehead atoms. The average Bonchev–Trinajstić information content (AvgIpc) is 3.39. The van der Waals surface area contributed by atoms with E-state index < -0.39 is 0 Å². The van der Waals surface area contributed by atoms with E-state index in [-0.39, 0.29) is 11.9 Å². The van der Waals surface area contributed by atoms with Crippen molar-refractivity contribution < 1.29 is 9.53 Å². The first-order chi connectivity index (χ1) is 12.6. The van der Waals surface area contributed by atoms with Crippen molar-refractivity contribution in [2.75, 3.05) is 31.2 Å². The van der Waals surface area contributed by atoms with E-state index in [1.165, 1.54) is 16.1 Å². The van der Waals surface area contributed by atoms with Crippen molar-refractivity contribution >= 4 is 22.2 Å². The van der Waals surface area contributed by atoms with Crippen LogP contribution >= 0.6 is 11.3 Å². The summed E-state index contributed by atoms with van der Waals surface area (Å²) < 4.78 is 5.52. The van der Waals surface area contributed by atoms with Crippen LogP contribution in [0.4, 0.5) is 5.00 Å². The Morgan fingerprint density at radius 1 is 1.19 bits per heavy atom. The van der Waals surface area contributed by atoms with Gasteiger partial charge in [0.1, 0.15) is 0 Å². The smallest absolute Gasteiger partial charge is 0.264 e. The molecule has 0 radical (unpaired) electrons. The van der Waals surface area contributed by atoms with Gasteiger partial charge in [-0.1, -0.05) is 30.3 Å². The summed E-state index contributed by atoms with van der Waals surface area (Å²) in [6, 6.07) is 13.2. The van der Waals surface area contributed by atoms with Gasteiger partial charge in [0.25, 0.3) is 5.91 Å². The van der Waals surface area contributed by atoms with Crippen molar-refractivity contribution in [2.45, 2.75) is 38.8 Å². The van der Waals surface area contributed by atoms with Crippen molar-refractivity contribution in [2.24, 2.45) is 0 Å². The van der Waals surface area contributed by atoms with Crippen molar-refractivity contribution in [3.05, 3.63) is 41.3 Å². The molecule has 2 fully saturated rings. The van der Waals surface area contributed by atoms with E-state index in [1.807, 2.05) is 6.07 Å². The molecule has 0 atom stereocenters. The van der Waals surface area contributed by atoms with E-state index in [9.17, 15) is 4.79 Å². The minimum Gasteiger partial charge on any atom is -0.378 e. The van der Waals surface area contributed by atoms with Crippen LogP contribution in [0, 0.1) is 0 Å².